The Hall–Kier alpha value is 0.694. The topological polar surface area (TPSA) is 47.1 Å². The van der Waals surface area contributed by atoms with Crippen molar-refractivity contribution >= 4 is 5.78 Å². The molecule has 0 saturated carbocycles. The number of carbonyl (C=O) groups excluding carboxylic acids is 1. The minimum atomic E-state index is 0. The smallest absolute Gasteiger partial charge is 0.870 e. The molecule has 0 aliphatic carbocycles. The number of carbonyl (C=O) groups is 1. The van der Waals surface area contributed by atoms with E-state index in [9.17, 15) is 4.79 Å². The summed E-state index contributed by atoms with van der Waals surface area (Å²) in [5.74, 6) is 1.36. The summed E-state index contributed by atoms with van der Waals surface area (Å²) >= 11 is 0. The van der Waals surface area contributed by atoms with E-state index < -0.39 is 0 Å². The molecule has 2 nitrogen and oxygen atoms in total. The van der Waals surface area contributed by atoms with Crippen molar-refractivity contribution in [1.29, 1.82) is 0 Å². The maximum Gasteiger partial charge on any atom is 1.00 e. The molecule has 0 amide bonds. The standard InChI is InChI=1S/C11H19O.C6H6.C6H11.CH4.H2O.Rb.W/c1-4-5-7-10(2)8-6-9-11(3)12;1-2-4-6-5-3-1;1-4-5-6(2)3;;;;/h4-5,7,10H,6,8-9H2,1-3H3;1-6H;4-6H,2H2,1,3H3;1H4;1H2;;/q-1;;-1;;;+1;/p-1/b5-4+;;5-4+;;;;. The van der Waals surface area contributed by atoms with Crippen molar-refractivity contribution in [3.63, 3.8) is 0 Å². The quantitative estimate of drug-likeness (QED) is 0.333. The molecule has 0 aliphatic heterocycles. The second kappa shape index (κ2) is 35.2. The van der Waals surface area contributed by atoms with E-state index in [1.165, 1.54) is 0 Å². The molecule has 4 heteroatoms. The van der Waals surface area contributed by atoms with Crippen molar-refractivity contribution in [2.75, 3.05) is 0 Å². The maximum absolute atomic E-state index is 10.6. The third-order valence-electron chi connectivity index (χ3n) is 3.01. The molecular formula is C24H41O2RbW-2. The largest absolute Gasteiger partial charge is 1.00 e. The molecule has 1 aromatic rings. The molecule has 0 radical (unpaired) electrons. The Morgan fingerprint density at radius 2 is 1.46 bits per heavy atom. The molecule has 0 aliphatic rings. The summed E-state index contributed by atoms with van der Waals surface area (Å²) in [6.45, 7) is 13.6. The molecule has 1 aromatic carbocycles. The Labute approximate surface area is 239 Å². The van der Waals surface area contributed by atoms with Gasteiger partial charge in [-0.15, -0.1) is 13.0 Å². The van der Waals surface area contributed by atoms with E-state index in [1.807, 2.05) is 62.4 Å². The molecule has 1 rings (SSSR count). The summed E-state index contributed by atoms with van der Waals surface area (Å²) in [5.41, 5.74) is 0. The Kier molecular flexibility index (Phi) is 53.6. The first-order valence-corrected chi connectivity index (χ1v) is 8.85. The zero-order chi connectivity index (χ0) is 18.6. The summed E-state index contributed by atoms with van der Waals surface area (Å²) < 4.78 is 0. The molecule has 0 spiro atoms. The van der Waals surface area contributed by atoms with Crippen LogP contribution < -0.4 is 58.2 Å². The van der Waals surface area contributed by atoms with Crippen molar-refractivity contribution < 1.29 is 89.5 Å². The van der Waals surface area contributed by atoms with Crippen molar-refractivity contribution in [3.05, 3.63) is 74.0 Å². The van der Waals surface area contributed by atoms with Crippen molar-refractivity contribution in [1.82, 2.24) is 0 Å². The van der Waals surface area contributed by atoms with Gasteiger partial charge in [0.2, 0.25) is 0 Å². The van der Waals surface area contributed by atoms with Crippen molar-refractivity contribution in [3.8, 4) is 0 Å². The van der Waals surface area contributed by atoms with E-state index in [0.717, 1.165) is 19.3 Å². The Bertz CT molecular complexity index is 405. The van der Waals surface area contributed by atoms with Crippen LogP contribution in [0.1, 0.15) is 61.3 Å². The van der Waals surface area contributed by atoms with Crippen LogP contribution in [0.5, 0.6) is 0 Å². The van der Waals surface area contributed by atoms with Gasteiger partial charge >= 0.3 is 58.2 Å². The van der Waals surface area contributed by atoms with E-state index in [1.54, 1.807) is 6.92 Å². The maximum atomic E-state index is 10.6. The molecule has 1 N–H and O–H groups in total. The van der Waals surface area contributed by atoms with Crippen LogP contribution in [-0.2, 0) is 25.9 Å². The van der Waals surface area contributed by atoms with Crippen LogP contribution >= 0.6 is 0 Å². The number of hydrogen-bond donors (Lipinski definition) is 0. The molecular weight excluding hydrogens is 590 g/mol. The Morgan fingerprint density at radius 1 is 1.04 bits per heavy atom. The second-order valence-electron chi connectivity index (χ2n) is 5.95. The predicted molar refractivity (Wildman–Crippen MR) is 117 cm³/mol. The molecule has 2 atom stereocenters. The summed E-state index contributed by atoms with van der Waals surface area (Å²) in [6, 6.07) is 12.0. The van der Waals surface area contributed by atoms with Crippen molar-refractivity contribution in [2.45, 2.75) is 61.3 Å². The van der Waals surface area contributed by atoms with Gasteiger partial charge < -0.3 is 17.2 Å². The summed E-state index contributed by atoms with van der Waals surface area (Å²) in [6.07, 6.45) is 13.2. The average molecular weight is 631 g/mol. The summed E-state index contributed by atoms with van der Waals surface area (Å²) in [4.78, 5) is 10.6. The minimum Gasteiger partial charge on any atom is -0.870 e. The number of benzene rings is 1. The zero-order valence-electron chi connectivity index (χ0n) is 18.1. The fourth-order valence-electron chi connectivity index (χ4n) is 1.78. The Balaban J connectivity index is -0.0000000653. The number of ketones is 1. The SMILES string of the molecule is C.C/C=C/[CH-]C(C)CCCC(C)=O.[CH2-]C(C)/C=C/C.[OH-].[Rb+].[W].c1ccccc1. The average Bonchev–Trinajstić information content (AvgIpc) is 2.55. The van der Waals surface area contributed by atoms with Gasteiger partial charge in [-0.2, -0.15) is 5.92 Å². The van der Waals surface area contributed by atoms with E-state index in [0.29, 0.717) is 17.6 Å². The molecule has 0 heterocycles. The van der Waals surface area contributed by atoms with Gasteiger partial charge in [-0.3, -0.25) is 0 Å². The zero-order valence-corrected chi connectivity index (χ0v) is 25.9. The fourth-order valence-corrected chi connectivity index (χ4v) is 1.78. The normalized spacial score (nSPS) is 10.8. The van der Waals surface area contributed by atoms with E-state index in [4.69, 9.17) is 0 Å². The van der Waals surface area contributed by atoms with E-state index in [-0.39, 0.29) is 92.2 Å². The van der Waals surface area contributed by atoms with E-state index in [2.05, 4.69) is 39.3 Å². The van der Waals surface area contributed by atoms with Gasteiger partial charge in [0.25, 0.3) is 0 Å². The van der Waals surface area contributed by atoms with Crippen LogP contribution in [0, 0.1) is 25.2 Å². The Morgan fingerprint density at radius 3 is 1.71 bits per heavy atom. The van der Waals surface area contributed by atoms with E-state index >= 15 is 0 Å². The van der Waals surface area contributed by atoms with Gasteiger partial charge in [-0.25, -0.2) is 18.6 Å². The second-order valence-corrected chi connectivity index (χ2v) is 5.95. The third kappa shape index (κ3) is 45.4. The first-order chi connectivity index (χ1) is 11.4. The molecule has 158 valence electrons. The summed E-state index contributed by atoms with van der Waals surface area (Å²) in [5, 5.41) is 0. The first-order valence-electron chi connectivity index (χ1n) is 8.85. The molecule has 0 aromatic heterocycles. The first kappa shape index (κ1) is 42.7. The third-order valence-corrected chi connectivity index (χ3v) is 3.01. The van der Waals surface area contributed by atoms with Crippen molar-refractivity contribution in [2.24, 2.45) is 11.8 Å². The monoisotopic (exact) mass is 630 g/mol. The predicted octanol–water partition coefficient (Wildman–Crippen LogP) is 4.34. The molecule has 0 saturated heterocycles. The molecule has 0 bridgehead atoms. The molecule has 28 heavy (non-hydrogen) atoms. The van der Waals surface area contributed by atoms with Gasteiger partial charge in [0, 0.05) is 27.5 Å². The molecule has 0 fully saturated rings. The van der Waals surface area contributed by atoms with Crippen LogP contribution in [0.4, 0.5) is 0 Å². The van der Waals surface area contributed by atoms with Gasteiger partial charge in [0.1, 0.15) is 5.78 Å². The van der Waals surface area contributed by atoms with Crippen LogP contribution in [-0.4, -0.2) is 11.3 Å². The van der Waals surface area contributed by atoms with Gasteiger partial charge in [0.05, 0.1) is 0 Å². The van der Waals surface area contributed by atoms with Crippen LogP contribution in [0.15, 0.2) is 60.7 Å². The minimum absolute atomic E-state index is 0. The number of hydrogen-bond acceptors (Lipinski definition) is 2. The van der Waals surface area contributed by atoms with Crippen LogP contribution in [0.2, 0.25) is 0 Å². The number of rotatable bonds is 7. The van der Waals surface area contributed by atoms with Crippen LogP contribution in [0.25, 0.3) is 0 Å². The van der Waals surface area contributed by atoms with Gasteiger partial charge in [-0.05, 0) is 20.3 Å². The van der Waals surface area contributed by atoms with Crippen LogP contribution in [0.3, 0.4) is 0 Å². The van der Waals surface area contributed by atoms with Gasteiger partial charge in [0.15, 0.2) is 0 Å². The van der Waals surface area contributed by atoms with Gasteiger partial charge in [-0.1, -0.05) is 76.1 Å². The number of Topliss-reactive ketones (excluding diaryl/α,β-unsaturated/α-hetero) is 1. The fraction of sp³-hybridized carbons (Fsp3) is 0.458. The summed E-state index contributed by atoms with van der Waals surface area (Å²) in [7, 11) is 0. The molecule has 2 unspecified atom stereocenters. The number of allylic oxidation sites excluding steroid dienone is 4.